The molecule has 0 aliphatic heterocycles. The second-order valence-corrected chi connectivity index (χ2v) is 4.08. The molecular weight excluding hydrogens is 242 g/mol. The number of phenols is 1. The molecule has 4 nitrogen and oxygen atoms in total. The Bertz CT molecular complexity index is 578. The summed E-state index contributed by atoms with van der Waals surface area (Å²) in [5.41, 5.74) is 1.01. The fraction of sp³-hybridized carbons (Fsp3) is 0.133. The molecule has 0 saturated heterocycles. The summed E-state index contributed by atoms with van der Waals surface area (Å²) < 4.78 is 5.07. The smallest absolute Gasteiger partial charge is 0.261 e. The summed E-state index contributed by atoms with van der Waals surface area (Å²) in [5.74, 6) is 0.447. The normalized spacial score (nSPS) is 10.0. The first-order valence-corrected chi connectivity index (χ1v) is 5.83. The monoisotopic (exact) mass is 257 g/mol. The number of ether oxygens (including phenoxy) is 1. The molecule has 0 saturated carbocycles. The highest BCUT2D eigenvalue weighted by molar-refractivity contribution is 6.07. The lowest BCUT2D eigenvalue weighted by Gasteiger charge is -2.18. The van der Waals surface area contributed by atoms with Gasteiger partial charge in [0.1, 0.15) is 11.5 Å². The lowest BCUT2D eigenvalue weighted by Crippen LogP contribution is -2.26. The standard InChI is InChI=1S/C15H15NO3/c1-16(11-7-9-12(19-2)10-8-11)15(18)13-5-3-4-6-14(13)17/h3-10,17H,1-2H3. The van der Waals surface area contributed by atoms with Gasteiger partial charge in [-0.15, -0.1) is 0 Å². The van der Waals surface area contributed by atoms with Crippen molar-refractivity contribution < 1.29 is 14.6 Å². The van der Waals surface area contributed by atoms with E-state index >= 15 is 0 Å². The molecule has 2 aromatic carbocycles. The number of nitrogens with zero attached hydrogens (tertiary/aromatic N) is 1. The van der Waals surface area contributed by atoms with Crippen LogP contribution in [0.1, 0.15) is 10.4 Å². The van der Waals surface area contributed by atoms with Gasteiger partial charge in [-0.2, -0.15) is 0 Å². The maximum absolute atomic E-state index is 12.3. The molecule has 1 amide bonds. The molecule has 0 radical (unpaired) electrons. The van der Waals surface area contributed by atoms with Crippen LogP contribution in [0.3, 0.4) is 0 Å². The number of methoxy groups -OCH3 is 1. The number of aromatic hydroxyl groups is 1. The second-order valence-electron chi connectivity index (χ2n) is 4.08. The lowest BCUT2D eigenvalue weighted by atomic mass is 10.1. The topological polar surface area (TPSA) is 49.8 Å². The predicted molar refractivity (Wildman–Crippen MR) is 73.8 cm³/mol. The van der Waals surface area contributed by atoms with Gasteiger partial charge >= 0.3 is 0 Å². The molecule has 0 atom stereocenters. The largest absolute Gasteiger partial charge is 0.507 e. The molecule has 0 spiro atoms. The Hall–Kier alpha value is -2.49. The van der Waals surface area contributed by atoms with E-state index in [1.165, 1.54) is 11.0 Å². The van der Waals surface area contributed by atoms with Gasteiger partial charge in [0.2, 0.25) is 0 Å². The van der Waals surface area contributed by atoms with Crippen molar-refractivity contribution in [3.63, 3.8) is 0 Å². The third-order valence-electron chi connectivity index (χ3n) is 2.90. The van der Waals surface area contributed by atoms with E-state index in [-0.39, 0.29) is 17.2 Å². The van der Waals surface area contributed by atoms with E-state index < -0.39 is 0 Å². The molecule has 0 fully saturated rings. The molecule has 0 aliphatic rings. The maximum atomic E-state index is 12.3. The van der Waals surface area contributed by atoms with Crippen molar-refractivity contribution in [2.75, 3.05) is 19.1 Å². The highest BCUT2D eigenvalue weighted by atomic mass is 16.5. The van der Waals surface area contributed by atoms with E-state index in [1.807, 2.05) is 0 Å². The van der Waals surface area contributed by atoms with Crippen LogP contribution in [0.15, 0.2) is 48.5 Å². The summed E-state index contributed by atoms with van der Waals surface area (Å²) in [6.45, 7) is 0. The highest BCUT2D eigenvalue weighted by Gasteiger charge is 2.16. The lowest BCUT2D eigenvalue weighted by molar-refractivity contribution is 0.0990. The fourth-order valence-electron chi connectivity index (χ4n) is 1.76. The molecule has 19 heavy (non-hydrogen) atoms. The number of para-hydroxylation sites is 1. The van der Waals surface area contributed by atoms with Crippen molar-refractivity contribution in [2.24, 2.45) is 0 Å². The van der Waals surface area contributed by atoms with Gasteiger partial charge in [-0.3, -0.25) is 4.79 Å². The van der Waals surface area contributed by atoms with Gasteiger partial charge < -0.3 is 14.7 Å². The Kier molecular flexibility index (Phi) is 3.71. The molecule has 2 rings (SSSR count). The van der Waals surface area contributed by atoms with Gasteiger partial charge in [0.25, 0.3) is 5.91 Å². The van der Waals surface area contributed by atoms with E-state index in [0.717, 1.165) is 11.4 Å². The molecule has 1 N–H and O–H groups in total. The van der Waals surface area contributed by atoms with Crippen molar-refractivity contribution in [3.8, 4) is 11.5 Å². The molecular formula is C15H15NO3. The number of hydrogen-bond donors (Lipinski definition) is 1. The first-order chi connectivity index (χ1) is 9.13. The minimum atomic E-state index is -0.261. The summed E-state index contributed by atoms with van der Waals surface area (Å²) in [7, 11) is 3.25. The number of phenolic OH excluding ortho intramolecular Hbond substituents is 1. The van der Waals surface area contributed by atoms with E-state index in [0.29, 0.717) is 0 Å². The third kappa shape index (κ3) is 2.68. The summed E-state index contributed by atoms with van der Waals surface area (Å²) in [6.07, 6.45) is 0. The van der Waals surface area contributed by atoms with Crippen LogP contribution in [0.2, 0.25) is 0 Å². The van der Waals surface area contributed by atoms with Crippen LogP contribution in [-0.4, -0.2) is 25.2 Å². The van der Waals surface area contributed by atoms with E-state index in [2.05, 4.69) is 0 Å². The zero-order valence-corrected chi connectivity index (χ0v) is 10.8. The first-order valence-electron chi connectivity index (χ1n) is 5.83. The zero-order chi connectivity index (χ0) is 13.8. The number of anilines is 1. The van der Waals surface area contributed by atoms with Crippen LogP contribution in [0, 0.1) is 0 Å². The molecule has 0 aliphatic carbocycles. The third-order valence-corrected chi connectivity index (χ3v) is 2.90. The van der Waals surface area contributed by atoms with Crippen LogP contribution >= 0.6 is 0 Å². The van der Waals surface area contributed by atoms with Gasteiger partial charge in [0, 0.05) is 12.7 Å². The number of carbonyl (C=O) groups is 1. The van der Waals surface area contributed by atoms with Gasteiger partial charge in [0.15, 0.2) is 0 Å². The average molecular weight is 257 g/mol. The summed E-state index contributed by atoms with van der Waals surface area (Å²) >= 11 is 0. The molecule has 4 heteroatoms. The van der Waals surface area contributed by atoms with E-state index in [1.54, 1.807) is 56.6 Å². The minimum Gasteiger partial charge on any atom is -0.507 e. The van der Waals surface area contributed by atoms with E-state index in [4.69, 9.17) is 4.74 Å². The summed E-state index contributed by atoms with van der Waals surface area (Å²) in [6, 6.07) is 13.6. The number of benzene rings is 2. The minimum absolute atomic E-state index is 0.0205. The molecule has 98 valence electrons. The molecule has 0 heterocycles. The SMILES string of the molecule is COc1ccc(N(C)C(=O)c2ccccc2O)cc1. The number of hydrogen-bond acceptors (Lipinski definition) is 3. The average Bonchev–Trinajstić information content (AvgIpc) is 2.46. The Morgan fingerprint density at radius 1 is 1.11 bits per heavy atom. The van der Waals surface area contributed by atoms with Crippen molar-refractivity contribution in [1.82, 2.24) is 0 Å². The summed E-state index contributed by atoms with van der Waals surface area (Å²) in [4.78, 5) is 13.7. The molecule has 0 unspecified atom stereocenters. The molecule has 2 aromatic rings. The second kappa shape index (κ2) is 5.44. The van der Waals surface area contributed by atoms with Crippen molar-refractivity contribution >= 4 is 11.6 Å². The number of rotatable bonds is 3. The zero-order valence-electron chi connectivity index (χ0n) is 10.8. The number of carbonyl (C=O) groups excluding carboxylic acids is 1. The van der Waals surface area contributed by atoms with Crippen LogP contribution in [0.25, 0.3) is 0 Å². The van der Waals surface area contributed by atoms with Gasteiger partial charge in [-0.1, -0.05) is 12.1 Å². The Morgan fingerprint density at radius 2 is 1.74 bits per heavy atom. The summed E-state index contributed by atoms with van der Waals surface area (Å²) in [5, 5.41) is 9.69. The predicted octanol–water partition coefficient (Wildman–Crippen LogP) is 2.68. The Balaban J connectivity index is 2.26. The van der Waals surface area contributed by atoms with Crippen molar-refractivity contribution in [1.29, 1.82) is 0 Å². The van der Waals surface area contributed by atoms with Gasteiger partial charge in [0.05, 0.1) is 12.7 Å². The fourth-order valence-corrected chi connectivity index (χ4v) is 1.76. The van der Waals surface area contributed by atoms with Gasteiger partial charge in [-0.05, 0) is 36.4 Å². The highest BCUT2D eigenvalue weighted by Crippen LogP contribution is 2.23. The molecule has 0 aromatic heterocycles. The van der Waals surface area contributed by atoms with Crippen LogP contribution < -0.4 is 9.64 Å². The quantitative estimate of drug-likeness (QED) is 0.919. The maximum Gasteiger partial charge on any atom is 0.261 e. The molecule has 0 bridgehead atoms. The van der Waals surface area contributed by atoms with Crippen LogP contribution in [0.5, 0.6) is 11.5 Å². The first kappa shape index (κ1) is 13.0. The van der Waals surface area contributed by atoms with Crippen LogP contribution in [-0.2, 0) is 0 Å². The van der Waals surface area contributed by atoms with Crippen molar-refractivity contribution in [2.45, 2.75) is 0 Å². The Morgan fingerprint density at radius 3 is 2.32 bits per heavy atom. The van der Waals surface area contributed by atoms with E-state index in [9.17, 15) is 9.90 Å². The van der Waals surface area contributed by atoms with Crippen molar-refractivity contribution in [3.05, 3.63) is 54.1 Å². The number of amides is 1. The Labute approximate surface area is 111 Å². The van der Waals surface area contributed by atoms with Gasteiger partial charge in [-0.25, -0.2) is 0 Å². The van der Waals surface area contributed by atoms with Crippen LogP contribution in [0.4, 0.5) is 5.69 Å².